The third kappa shape index (κ3) is 4.82. The minimum absolute atomic E-state index is 0.0398. The van der Waals surface area contributed by atoms with E-state index in [0.717, 1.165) is 5.56 Å². The fraction of sp³-hybridized carbons (Fsp3) is 0.0952. The first-order chi connectivity index (χ1) is 13.3. The van der Waals surface area contributed by atoms with Gasteiger partial charge in [0.05, 0.1) is 4.90 Å². The second kappa shape index (κ2) is 8.33. The monoisotopic (exact) mass is 398 g/mol. The summed E-state index contributed by atoms with van der Waals surface area (Å²) in [5.41, 5.74) is 2.62. The van der Waals surface area contributed by atoms with Gasteiger partial charge < -0.3 is 5.32 Å². The lowest BCUT2D eigenvalue weighted by atomic mass is 10.1. The minimum atomic E-state index is -3.75. The number of hydrogen-bond donors (Lipinski definition) is 2. The van der Waals surface area contributed by atoms with Crippen LogP contribution in [0.1, 0.15) is 21.5 Å². The number of para-hydroxylation sites is 1. The molecule has 0 atom stereocenters. The number of amides is 1. The summed E-state index contributed by atoms with van der Waals surface area (Å²) in [6.45, 7) is 1.93. The lowest BCUT2D eigenvalue weighted by molar-refractivity contribution is 0.102. The van der Waals surface area contributed by atoms with Crippen LogP contribution in [0.5, 0.6) is 0 Å². The zero-order valence-electron chi connectivity index (χ0n) is 15.1. The van der Waals surface area contributed by atoms with Crippen LogP contribution in [0.3, 0.4) is 0 Å². The molecule has 0 bridgehead atoms. The Morgan fingerprint density at radius 1 is 0.929 bits per heavy atom. The summed E-state index contributed by atoms with van der Waals surface area (Å²) < 4.78 is 40.2. The zero-order chi connectivity index (χ0) is 20.1. The van der Waals surface area contributed by atoms with Crippen LogP contribution in [0.25, 0.3) is 0 Å². The number of aryl methyl sites for hydroxylation is 1. The van der Waals surface area contributed by atoms with Gasteiger partial charge in [0, 0.05) is 17.8 Å². The molecule has 5 nitrogen and oxygen atoms in total. The molecule has 0 radical (unpaired) electrons. The molecule has 144 valence electrons. The smallest absolute Gasteiger partial charge is 0.255 e. The van der Waals surface area contributed by atoms with Gasteiger partial charge in [0.2, 0.25) is 10.0 Å². The lowest BCUT2D eigenvalue weighted by Gasteiger charge is -2.10. The van der Waals surface area contributed by atoms with Crippen molar-refractivity contribution in [1.82, 2.24) is 4.72 Å². The summed E-state index contributed by atoms with van der Waals surface area (Å²) in [4.78, 5) is 12.4. The molecule has 0 heterocycles. The van der Waals surface area contributed by atoms with Crippen molar-refractivity contribution in [2.45, 2.75) is 18.4 Å². The van der Waals surface area contributed by atoms with Gasteiger partial charge >= 0.3 is 0 Å². The number of carbonyl (C=O) groups excluding carboxylic acids is 1. The van der Waals surface area contributed by atoms with Crippen LogP contribution in [-0.4, -0.2) is 14.3 Å². The maximum atomic E-state index is 12.9. The Kier molecular flexibility index (Phi) is 5.87. The molecule has 0 spiro atoms. The molecular weight excluding hydrogens is 379 g/mol. The molecule has 0 aliphatic heterocycles. The predicted octanol–water partition coefficient (Wildman–Crippen LogP) is 3.86. The summed E-state index contributed by atoms with van der Waals surface area (Å²) >= 11 is 0. The lowest BCUT2D eigenvalue weighted by Crippen LogP contribution is -2.23. The summed E-state index contributed by atoms with van der Waals surface area (Å²) in [5.74, 6) is -0.705. The van der Waals surface area contributed by atoms with E-state index in [1.165, 1.54) is 48.5 Å². The first kappa shape index (κ1) is 19.7. The largest absolute Gasteiger partial charge is 0.322 e. The summed E-state index contributed by atoms with van der Waals surface area (Å²) in [6.07, 6.45) is 0. The Labute approximate surface area is 163 Å². The molecule has 3 rings (SSSR count). The molecule has 1 amide bonds. The van der Waals surface area contributed by atoms with E-state index < -0.39 is 10.0 Å². The van der Waals surface area contributed by atoms with E-state index in [9.17, 15) is 17.6 Å². The molecule has 2 N–H and O–H groups in total. The topological polar surface area (TPSA) is 75.3 Å². The number of benzene rings is 3. The molecule has 0 aliphatic rings. The van der Waals surface area contributed by atoms with Crippen molar-refractivity contribution in [3.63, 3.8) is 0 Å². The minimum Gasteiger partial charge on any atom is -0.322 e. The maximum absolute atomic E-state index is 12.9. The van der Waals surface area contributed by atoms with Crippen molar-refractivity contribution in [2.75, 3.05) is 5.32 Å². The van der Waals surface area contributed by atoms with E-state index in [1.54, 1.807) is 6.07 Å². The first-order valence-electron chi connectivity index (χ1n) is 8.56. The Hall–Kier alpha value is -3.03. The second-order valence-electron chi connectivity index (χ2n) is 6.24. The molecule has 28 heavy (non-hydrogen) atoms. The Balaban J connectivity index is 1.67. The number of anilines is 1. The van der Waals surface area contributed by atoms with Gasteiger partial charge in [-0.3, -0.25) is 4.79 Å². The van der Waals surface area contributed by atoms with Gasteiger partial charge in [-0.25, -0.2) is 17.5 Å². The van der Waals surface area contributed by atoms with Gasteiger partial charge in [0.1, 0.15) is 5.82 Å². The fourth-order valence-corrected chi connectivity index (χ4v) is 3.57. The SMILES string of the molecule is Cc1ccccc1NC(=O)c1ccc(S(=O)(=O)NCc2ccc(F)cc2)cc1. The van der Waals surface area contributed by atoms with E-state index in [4.69, 9.17) is 0 Å². The van der Waals surface area contributed by atoms with E-state index in [-0.39, 0.29) is 23.2 Å². The molecule has 0 saturated carbocycles. The van der Waals surface area contributed by atoms with Crippen molar-refractivity contribution < 1.29 is 17.6 Å². The van der Waals surface area contributed by atoms with Crippen LogP contribution in [0, 0.1) is 12.7 Å². The second-order valence-corrected chi connectivity index (χ2v) is 8.01. The Bertz CT molecular complexity index is 1080. The number of halogens is 1. The van der Waals surface area contributed by atoms with Gasteiger partial charge in [-0.15, -0.1) is 0 Å². The van der Waals surface area contributed by atoms with Gasteiger partial charge in [-0.1, -0.05) is 30.3 Å². The predicted molar refractivity (Wildman–Crippen MR) is 106 cm³/mol. The van der Waals surface area contributed by atoms with Crippen molar-refractivity contribution in [1.29, 1.82) is 0 Å². The van der Waals surface area contributed by atoms with Crippen molar-refractivity contribution in [3.8, 4) is 0 Å². The average Bonchev–Trinajstić information content (AvgIpc) is 2.69. The number of carbonyl (C=O) groups is 1. The van der Waals surface area contributed by atoms with Gasteiger partial charge in [-0.05, 0) is 60.5 Å². The highest BCUT2D eigenvalue weighted by Crippen LogP contribution is 2.16. The van der Waals surface area contributed by atoms with E-state index in [2.05, 4.69) is 10.0 Å². The third-order valence-electron chi connectivity index (χ3n) is 4.20. The van der Waals surface area contributed by atoms with Crippen LogP contribution >= 0.6 is 0 Å². The van der Waals surface area contributed by atoms with E-state index >= 15 is 0 Å². The summed E-state index contributed by atoms with van der Waals surface area (Å²) in [6, 6.07) is 18.6. The summed E-state index contributed by atoms with van der Waals surface area (Å²) in [5, 5.41) is 2.80. The highest BCUT2D eigenvalue weighted by atomic mass is 32.2. The van der Waals surface area contributed by atoms with Crippen molar-refractivity contribution in [3.05, 3.63) is 95.3 Å². The molecule has 0 aromatic heterocycles. The maximum Gasteiger partial charge on any atom is 0.255 e. The van der Waals surface area contributed by atoms with Crippen LogP contribution in [0.4, 0.5) is 10.1 Å². The van der Waals surface area contributed by atoms with E-state index in [0.29, 0.717) is 16.8 Å². The standard InChI is InChI=1S/C21H19FN2O3S/c1-15-4-2-3-5-20(15)24-21(25)17-8-12-19(13-9-17)28(26,27)23-14-16-6-10-18(22)11-7-16/h2-13,23H,14H2,1H3,(H,24,25). The number of sulfonamides is 1. The Morgan fingerprint density at radius 3 is 2.21 bits per heavy atom. The molecule has 0 unspecified atom stereocenters. The fourth-order valence-electron chi connectivity index (χ4n) is 2.56. The molecule has 0 fully saturated rings. The van der Waals surface area contributed by atoms with Gasteiger partial charge in [0.15, 0.2) is 0 Å². The zero-order valence-corrected chi connectivity index (χ0v) is 16.0. The number of rotatable bonds is 6. The molecular formula is C21H19FN2O3S. The van der Waals surface area contributed by atoms with Crippen LogP contribution in [0.2, 0.25) is 0 Å². The van der Waals surface area contributed by atoms with Crippen LogP contribution in [0.15, 0.2) is 77.7 Å². The third-order valence-corrected chi connectivity index (χ3v) is 5.62. The molecule has 7 heteroatoms. The normalized spacial score (nSPS) is 11.2. The summed E-state index contributed by atoms with van der Waals surface area (Å²) in [7, 11) is -3.75. The molecule has 0 aliphatic carbocycles. The highest BCUT2D eigenvalue weighted by Gasteiger charge is 2.15. The van der Waals surface area contributed by atoms with Crippen molar-refractivity contribution >= 4 is 21.6 Å². The molecule has 3 aromatic rings. The van der Waals surface area contributed by atoms with Gasteiger partial charge in [0.25, 0.3) is 5.91 Å². The molecule has 3 aromatic carbocycles. The van der Waals surface area contributed by atoms with E-state index in [1.807, 2.05) is 25.1 Å². The highest BCUT2D eigenvalue weighted by molar-refractivity contribution is 7.89. The van der Waals surface area contributed by atoms with Crippen LogP contribution < -0.4 is 10.0 Å². The quantitative estimate of drug-likeness (QED) is 0.662. The van der Waals surface area contributed by atoms with Gasteiger partial charge in [-0.2, -0.15) is 0 Å². The Morgan fingerprint density at radius 2 is 1.57 bits per heavy atom. The first-order valence-corrected chi connectivity index (χ1v) is 10.0. The van der Waals surface area contributed by atoms with Crippen LogP contribution in [-0.2, 0) is 16.6 Å². The number of hydrogen-bond acceptors (Lipinski definition) is 3. The van der Waals surface area contributed by atoms with Crippen molar-refractivity contribution in [2.24, 2.45) is 0 Å². The average molecular weight is 398 g/mol. The molecule has 0 saturated heterocycles. The number of nitrogens with one attached hydrogen (secondary N) is 2.